The van der Waals surface area contributed by atoms with Gasteiger partial charge in [0, 0.05) is 29.2 Å². The van der Waals surface area contributed by atoms with Crippen molar-refractivity contribution in [1.82, 2.24) is 0 Å². The number of nitrogens with zero attached hydrogens (tertiary/aromatic N) is 2. The molecule has 0 fully saturated rings. The summed E-state index contributed by atoms with van der Waals surface area (Å²) in [4.78, 5) is 22.2. The van der Waals surface area contributed by atoms with E-state index in [2.05, 4.69) is 9.24 Å². The number of hydrogen-bond donors (Lipinski definition) is 0. The molecule has 1 atom stereocenters. The van der Waals surface area contributed by atoms with E-state index < -0.39 is 15.8 Å². The molecule has 1 unspecified atom stereocenters. The van der Waals surface area contributed by atoms with Crippen LogP contribution < -0.4 is 5.30 Å². The molecule has 0 aromatic heterocycles. The first kappa shape index (κ1) is 17.7. The van der Waals surface area contributed by atoms with Gasteiger partial charge in [-0.2, -0.15) is 0 Å². The van der Waals surface area contributed by atoms with Crippen LogP contribution in [0, 0.1) is 20.2 Å². The highest BCUT2D eigenvalue weighted by atomic mass is 31.0. The molecule has 6 nitrogen and oxygen atoms in total. The third-order valence-electron chi connectivity index (χ3n) is 4.20. The largest absolute Gasteiger partial charge is 0.273 e. The summed E-state index contributed by atoms with van der Waals surface area (Å²) in [7, 11) is 2.60. The van der Waals surface area contributed by atoms with Crippen molar-refractivity contribution in [2.75, 3.05) is 0 Å². The van der Waals surface area contributed by atoms with Crippen LogP contribution in [0.15, 0.2) is 72.8 Å². The van der Waals surface area contributed by atoms with Gasteiger partial charge in [-0.05, 0) is 10.9 Å². The van der Waals surface area contributed by atoms with Crippen molar-refractivity contribution < 1.29 is 9.85 Å². The lowest BCUT2D eigenvalue weighted by Gasteiger charge is -2.20. The van der Waals surface area contributed by atoms with Crippen LogP contribution in [0.3, 0.4) is 0 Å². The summed E-state index contributed by atoms with van der Waals surface area (Å²) in [6.45, 7) is 0. The lowest BCUT2D eigenvalue weighted by atomic mass is 9.83. The van der Waals surface area contributed by atoms with Crippen LogP contribution in [0.2, 0.25) is 0 Å². The van der Waals surface area contributed by atoms with Crippen molar-refractivity contribution in [3.8, 4) is 0 Å². The molecule has 0 spiro atoms. The molecule has 0 heterocycles. The summed E-state index contributed by atoms with van der Waals surface area (Å²) in [5, 5.41) is 23.9. The number of rotatable bonds is 5. The first-order valence-corrected chi connectivity index (χ1v) is 8.39. The van der Waals surface area contributed by atoms with Gasteiger partial charge in [0.05, 0.1) is 9.85 Å². The fourth-order valence-electron chi connectivity index (χ4n) is 3.07. The average molecular weight is 366 g/mol. The first-order valence-electron chi connectivity index (χ1n) is 7.81. The minimum absolute atomic E-state index is 0.0658. The van der Waals surface area contributed by atoms with Gasteiger partial charge in [0.2, 0.25) is 0 Å². The van der Waals surface area contributed by atoms with E-state index >= 15 is 0 Å². The van der Waals surface area contributed by atoms with Crippen LogP contribution in [0.1, 0.15) is 22.6 Å². The second kappa shape index (κ2) is 7.42. The predicted octanol–water partition coefficient (Wildman–Crippen LogP) is 4.18. The molecule has 0 saturated carbocycles. The Morgan fingerprint density at radius 2 is 1.04 bits per heavy atom. The van der Waals surface area contributed by atoms with Gasteiger partial charge >= 0.3 is 0 Å². The number of hydrogen-bond acceptors (Lipinski definition) is 4. The SMILES string of the molecule is O=[N+]([O-])c1ccccc1C(c1ccccc1P)c1ccccc1[N+](=O)[O-]. The fraction of sp³-hybridized carbons (Fsp3) is 0.0526. The van der Waals surface area contributed by atoms with E-state index in [1.807, 2.05) is 24.3 Å². The predicted molar refractivity (Wildman–Crippen MR) is 103 cm³/mol. The summed E-state index contributed by atoms with van der Waals surface area (Å²) >= 11 is 0. The minimum atomic E-state index is -0.633. The molecule has 26 heavy (non-hydrogen) atoms. The van der Waals surface area contributed by atoms with Gasteiger partial charge in [-0.25, -0.2) is 0 Å². The smallest absolute Gasteiger partial charge is 0.258 e. The van der Waals surface area contributed by atoms with Gasteiger partial charge < -0.3 is 0 Å². The summed E-state index contributed by atoms with van der Waals surface area (Å²) in [5.41, 5.74) is 1.47. The Morgan fingerprint density at radius 3 is 1.46 bits per heavy atom. The van der Waals surface area contributed by atoms with Crippen molar-refractivity contribution in [1.29, 1.82) is 0 Å². The van der Waals surface area contributed by atoms with Gasteiger partial charge in [0.25, 0.3) is 11.4 Å². The Labute approximate surface area is 152 Å². The quantitative estimate of drug-likeness (QED) is 0.293. The maximum absolute atomic E-state index is 11.6. The maximum atomic E-state index is 11.6. The molecule has 0 radical (unpaired) electrons. The van der Waals surface area contributed by atoms with Crippen LogP contribution >= 0.6 is 9.24 Å². The topological polar surface area (TPSA) is 86.3 Å². The highest BCUT2D eigenvalue weighted by Crippen LogP contribution is 2.40. The molecule has 0 saturated heterocycles. The standard InChI is InChI=1S/C19H15N2O4P/c22-20(23)16-10-4-1-7-13(16)19(15-9-3-6-12-18(15)26)14-8-2-5-11-17(14)21(24)25/h1-12,19H,26H2. The number of nitro benzene ring substituents is 2. The van der Waals surface area contributed by atoms with E-state index in [-0.39, 0.29) is 11.4 Å². The van der Waals surface area contributed by atoms with Crippen LogP contribution in [0.5, 0.6) is 0 Å². The molecular formula is C19H15N2O4P. The third-order valence-corrected chi connectivity index (χ3v) is 4.72. The van der Waals surface area contributed by atoms with Crippen LogP contribution in [-0.2, 0) is 0 Å². The van der Waals surface area contributed by atoms with Crippen LogP contribution in [0.4, 0.5) is 11.4 Å². The van der Waals surface area contributed by atoms with Crippen molar-refractivity contribution >= 4 is 25.9 Å². The highest BCUT2D eigenvalue weighted by molar-refractivity contribution is 7.27. The zero-order valence-electron chi connectivity index (χ0n) is 13.6. The lowest BCUT2D eigenvalue weighted by Crippen LogP contribution is -2.14. The van der Waals surface area contributed by atoms with E-state index in [4.69, 9.17) is 0 Å². The summed E-state index contributed by atoms with van der Waals surface area (Å²) < 4.78 is 0. The van der Waals surface area contributed by atoms with Crippen molar-refractivity contribution in [2.45, 2.75) is 5.92 Å². The maximum Gasteiger partial charge on any atom is 0.273 e. The molecule has 0 aliphatic carbocycles. The zero-order valence-corrected chi connectivity index (χ0v) is 14.8. The number of benzene rings is 3. The molecule has 3 rings (SSSR count). The zero-order chi connectivity index (χ0) is 18.7. The Bertz CT molecular complexity index is 933. The highest BCUT2D eigenvalue weighted by Gasteiger charge is 2.30. The molecule has 0 aliphatic rings. The fourth-order valence-corrected chi connectivity index (χ4v) is 3.45. The molecule has 0 N–H and O–H groups in total. The Morgan fingerprint density at radius 1 is 0.654 bits per heavy atom. The van der Waals surface area contributed by atoms with Gasteiger partial charge in [-0.3, -0.25) is 20.2 Å². The Hall–Kier alpha value is -3.11. The molecule has 0 amide bonds. The average Bonchev–Trinajstić information content (AvgIpc) is 2.64. The van der Waals surface area contributed by atoms with E-state index in [9.17, 15) is 20.2 Å². The molecule has 3 aromatic rings. The molecule has 0 bridgehead atoms. The second-order valence-electron chi connectivity index (χ2n) is 5.69. The van der Waals surface area contributed by atoms with E-state index in [0.29, 0.717) is 11.1 Å². The lowest BCUT2D eigenvalue weighted by molar-refractivity contribution is -0.386. The van der Waals surface area contributed by atoms with Gasteiger partial charge in [-0.15, -0.1) is 9.24 Å². The molecule has 130 valence electrons. The van der Waals surface area contributed by atoms with Gasteiger partial charge in [-0.1, -0.05) is 60.7 Å². The number of nitro groups is 2. The molecule has 7 heteroatoms. The van der Waals surface area contributed by atoms with Crippen molar-refractivity contribution in [3.63, 3.8) is 0 Å². The summed E-state index contributed by atoms with van der Waals surface area (Å²) in [6.07, 6.45) is 0. The van der Waals surface area contributed by atoms with E-state index in [0.717, 1.165) is 10.9 Å². The molecule has 3 aromatic carbocycles. The summed E-state index contributed by atoms with van der Waals surface area (Å²) in [6, 6.07) is 20.1. The second-order valence-corrected chi connectivity index (χ2v) is 6.32. The van der Waals surface area contributed by atoms with Crippen molar-refractivity contribution in [2.24, 2.45) is 0 Å². The van der Waals surface area contributed by atoms with E-state index in [1.165, 1.54) is 12.1 Å². The minimum Gasteiger partial charge on any atom is -0.258 e. The van der Waals surface area contributed by atoms with Gasteiger partial charge in [0.15, 0.2) is 0 Å². The Kier molecular flexibility index (Phi) is 5.05. The number of para-hydroxylation sites is 2. The first-order chi connectivity index (χ1) is 12.5. The summed E-state index contributed by atoms with van der Waals surface area (Å²) in [5.74, 6) is -0.633. The van der Waals surface area contributed by atoms with Gasteiger partial charge in [0.1, 0.15) is 0 Å². The third kappa shape index (κ3) is 3.32. The van der Waals surface area contributed by atoms with E-state index in [1.54, 1.807) is 36.4 Å². The Balaban J connectivity index is 2.35. The van der Waals surface area contributed by atoms with Crippen LogP contribution in [-0.4, -0.2) is 9.85 Å². The molecule has 0 aliphatic heterocycles. The molecular weight excluding hydrogens is 351 g/mol. The van der Waals surface area contributed by atoms with Crippen molar-refractivity contribution in [3.05, 3.63) is 110 Å². The normalized spacial score (nSPS) is 10.7. The monoisotopic (exact) mass is 366 g/mol. The van der Waals surface area contributed by atoms with Crippen LogP contribution in [0.25, 0.3) is 0 Å².